The van der Waals surface area contributed by atoms with E-state index in [9.17, 15) is 0 Å². The van der Waals surface area contributed by atoms with Gasteiger partial charge in [0, 0.05) is 29.6 Å². The molecule has 0 aromatic heterocycles. The van der Waals surface area contributed by atoms with Crippen molar-refractivity contribution in [3.63, 3.8) is 0 Å². The summed E-state index contributed by atoms with van der Waals surface area (Å²) in [6, 6.07) is 0. The molecule has 0 aliphatic rings. The van der Waals surface area contributed by atoms with Crippen molar-refractivity contribution >= 4 is 38.8 Å². The topological polar surface area (TPSA) is 0 Å². The molecule has 2 heteroatoms. The third-order valence-electron chi connectivity index (χ3n) is 0. The van der Waals surface area contributed by atoms with Crippen LogP contribution in [0.5, 0.6) is 0 Å². The zero-order valence-corrected chi connectivity index (χ0v) is 8.23. The van der Waals surface area contributed by atoms with E-state index >= 15 is 0 Å². The molecule has 0 heterocycles. The van der Waals surface area contributed by atoms with Gasteiger partial charge in [-0.2, -0.15) is 0 Å². The maximum Gasteiger partial charge on any atom is 0 e. The van der Waals surface area contributed by atoms with E-state index in [4.69, 9.17) is 0 Å². The van der Waals surface area contributed by atoms with Gasteiger partial charge in [-0.25, -0.2) is 0 Å². The second-order valence-corrected chi connectivity index (χ2v) is 4.10. The minimum atomic E-state index is 0. The summed E-state index contributed by atoms with van der Waals surface area (Å²) in [6.07, 6.45) is 0. The molecule has 0 fully saturated rings. The van der Waals surface area contributed by atoms with Gasteiger partial charge in [-0.05, 0) is 5.16 Å². The largest absolute Gasteiger partial charge is 0.132 e. The van der Waals surface area contributed by atoms with Gasteiger partial charge in [0.2, 0.25) is 0 Å². The third kappa shape index (κ3) is 52.1. The van der Waals surface area contributed by atoms with Crippen LogP contribution in [0, 0.1) is 0 Å². The van der Waals surface area contributed by atoms with E-state index in [-0.39, 0.29) is 29.6 Å². The summed E-state index contributed by atoms with van der Waals surface area (Å²) in [5.41, 5.74) is 0. The molecule has 0 spiro atoms. The second kappa shape index (κ2) is 3.43. The molecule has 0 N–H and O–H groups in total. The average molecular weight is 113 g/mol. The van der Waals surface area contributed by atoms with Crippen LogP contribution in [0.15, 0.2) is 0 Å². The minimum absolute atomic E-state index is 0. The Labute approximate surface area is 64.6 Å². The van der Waals surface area contributed by atoms with E-state index in [1.165, 1.54) is 0 Å². The van der Waals surface area contributed by atoms with Crippen molar-refractivity contribution in [2.75, 3.05) is 0 Å². The van der Waals surface area contributed by atoms with Crippen LogP contribution in [0.25, 0.3) is 0 Å². The van der Waals surface area contributed by atoms with Crippen molar-refractivity contribution in [3.8, 4) is 0 Å². The molecule has 1 unspecified atom stereocenters. The first-order valence-corrected chi connectivity index (χ1v) is 2.37. The van der Waals surface area contributed by atoms with Crippen LogP contribution in [-0.2, 0) is 0 Å². The minimum Gasteiger partial charge on any atom is -0.132 e. The quantitative estimate of drug-likeness (QED) is 0.328. The van der Waals surface area contributed by atoms with Crippen molar-refractivity contribution in [1.82, 2.24) is 0 Å². The van der Waals surface area contributed by atoms with Crippen LogP contribution in [0.3, 0.4) is 0 Å². The molecule has 0 aliphatic heterocycles. The number of rotatable bonds is 0. The van der Waals surface area contributed by atoms with Crippen LogP contribution >= 0.6 is 9.24 Å². The molecule has 1 radical (unpaired) electrons. The molecule has 0 aromatic carbocycles. The first kappa shape index (κ1) is 10.4. The fourth-order valence-corrected chi connectivity index (χ4v) is 0. The fourth-order valence-electron chi connectivity index (χ4n) is 0. The summed E-state index contributed by atoms with van der Waals surface area (Å²) in [7, 11) is 2.72. The van der Waals surface area contributed by atoms with Crippen molar-refractivity contribution in [3.05, 3.63) is 0 Å². The molecule has 33 valence electrons. The van der Waals surface area contributed by atoms with Gasteiger partial charge in [-0.3, -0.25) is 0 Å². The van der Waals surface area contributed by atoms with Gasteiger partial charge < -0.3 is 0 Å². The normalized spacial score (nSPS) is 10.0. The van der Waals surface area contributed by atoms with E-state index in [0.29, 0.717) is 5.16 Å². The van der Waals surface area contributed by atoms with Crippen LogP contribution < -0.4 is 0 Å². The molecule has 0 saturated heterocycles. The van der Waals surface area contributed by atoms with Crippen molar-refractivity contribution in [2.24, 2.45) is 0 Å². The molecule has 6 heavy (non-hydrogen) atoms. The Hall–Kier alpha value is 1.43. The maximum absolute atomic E-state index is 2.72. The molecule has 0 bridgehead atoms. The van der Waals surface area contributed by atoms with Gasteiger partial charge in [-0.1, -0.05) is 20.8 Å². The van der Waals surface area contributed by atoms with E-state index < -0.39 is 0 Å². The smallest absolute Gasteiger partial charge is 0 e. The molecular weight excluding hydrogens is 102 g/mol. The third-order valence-corrected chi connectivity index (χ3v) is 0. The summed E-state index contributed by atoms with van der Waals surface area (Å²) in [6.45, 7) is 6.45. The Morgan fingerprint density at radius 2 is 1.17 bits per heavy atom. The van der Waals surface area contributed by atoms with Gasteiger partial charge in [0.15, 0.2) is 0 Å². The summed E-state index contributed by atoms with van der Waals surface area (Å²) in [5.74, 6) is 0. The standard InChI is InChI=1S/C4H11P.Na/c1-4(2,3)5;/h5H2,1-3H3;. The molecule has 0 aromatic rings. The monoisotopic (exact) mass is 113 g/mol. The predicted octanol–water partition coefficient (Wildman–Crippen LogP) is 1.28. The van der Waals surface area contributed by atoms with Gasteiger partial charge >= 0.3 is 0 Å². The zero-order valence-electron chi connectivity index (χ0n) is 5.08. The molecule has 0 rings (SSSR count). The van der Waals surface area contributed by atoms with Crippen LogP contribution in [0.1, 0.15) is 20.8 Å². The van der Waals surface area contributed by atoms with E-state index in [1.54, 1.807) is 0 Å². The molecule has 0 aliphatic carbocycles. The van der Waals surface area contributed by atoms with Gasteiger partial charge in [-0.15, -0.1) is 9.24 Å². The average Bonchev–Trinajstić information content (AvgIpc) is 0.722. The molecule has 0 amide bonds. The summed E-state index contributed by atoms with van der Waals surface area (Å²) >= 11 is 0. The zero-order chi connectivity index (χ0) is 4.50. The summed E-state index contributed by atoms with van der Waals surface area (Å²) < 4.78 is 0. The Bertz CT molecular complexity index is 23.0. The molecular formula is C4H11NaP. The van der Waals surface area contributed by atoms with Gasteiger partial charge in [0.1, 0.15) is 0 Å². The SMILES string of the molecule is CC(C)(C)P.[Na]. The second-order valence-electron chi connectivity index (χ2n) is 2.37. The number of hydrogen-bond donors (Lipinski definition) is 0. The first-order valence-electron chi connectivity index (χ1n) is 1.79. The van der Waals surface area contributed by atoms with E-state index in [0.717, 1.165) is 0 Å². The number of hydrogen-bond acceptors (Lipinski definition) is 0. The molecule has 1 atom stereocenters. The Kier molecular flexibility index (Phi) is 5.96. The van der Waals surface area contributed by atoms with Crippen molar-refractivity contribution < 1.29 is 0 Å². The van der Waals surface area contributed by atoms with Crippen molar-refractivity contribution in [2.45, 2.75) is 25.9 Å². The Morgan fingerprint density at radius 1 is 1.17 bits per heavy atom. The van der Waals surface area contributed by atoms with Crippen molar-refractivity contribution in [1.29, 1.82) is 0 Å². The first-order chi connectivity index (χ1) is 2.00. The Morgan fingerprint density at radius 3 is 1.17 bits per heavy atom. The molecule has 0 saturated carbocycles. The van der Waals surface area contributed by atoms with Crippen LogP contribution in [0.2, 0.25) is 0 Å². The van der Waals surface area contributed by atoms with Crippen LogP contribution in [-0.4, -0.2) is 34.7 Å². The van der Waals surface area contributed by atoms with E-state index in [2.05, 4.69) is 30.0 Å². The van der Waals surface area contributed by atoms with Crippen LogP contribution in [0.4, 0.5) is 0 Å². The summed E-state index contributed by atoms with van der Waals surface area (Å²) in [5, 5.41) is 0.417. The maximum atomic E-state index is 2.72. The predicted molar refractivity (Wildman–Crippen MR) is 35.2 cm³/mol. The molecule has 0 nitrogen and oxygen atoms in total. The van der Waals surface area contributed by atoms with E-state index in [1.807, 2.05) is 0 Å². The fraction of sp³-hybridized carbons (Fsp3) is 1.00. The van der Waals surface area contributed by atoms with Gasteiger partial charge in [0.05, 0.1) is 0 Å². The Balaban J connectivity index is 0. The van der Waals surface area contributed by atoms with Gasteiger partial charge in [0.25, 0.3) is 0 Å². The summed E-state index contributed by atoms with van der Waals surface area (Å²) in [4.78, 5) is 0.